The fourth-order valence-corrected chi connectivity index (χ4v) is 5.57. The van der Waals surface area contributed by atoms with Crippen LogP contribution in [0.25, 0.3) is 0 Å². The van der Waals surface area contributed by atoms with Gasteiger partial charge in [-0.25, -0.2) is 0 Å². The third-order valence-corrected chi connectivity index (χ3v) is 7.76. The SMILES string of the molecule is O=C(COCCN1CCN(C(c2ccccc2)c2ccc(Cl)cc2)CC1)NC1CCN(C2CC2)C1. The summed E-state index contributed by atoms with van der Waals surface area (Å²) in [6.07, 6.45) is 3.71. The van der Waals surface area contributed by atoms with E-state index in [-0.39, 0.29) is 24.6 Å². The van der Waals surface area contributed by atoms with Gasteiger partial charge in [-0.3, -0.25) is 19.5 Å². The van der Waals surface area contributed by atoms with Gasteiger partial charge in [-0.05, 0) is 42.5 Å². The summed E-state index contributed by atoms with van der Waals surface area (Å²) in [4.78, 5) is 19.8. The van der Waals surface area contributed by atoms with Crippen LogP contribution >= 0.6 is 11.6 Å². The monoisotopic (exact) mass is 496 g/mol. The van der Waals surface area contributed by atoms with Crippen LogP contribution in [0.4, 0.5) is 0 Å². The molecule has 2 saturated heterocycles. The molecule has 5 rings (SSSR count). The molecular formula is C28H37ClN4O2. The zero-order chi connectivity index (χ0) is 24.0. The van der Waals surface area contributed by atoms with E-state index in [0.29, 0.717) is 6.61 Å². The standard InChI is InChI=1S/C28H37ClN4O2/c29-24-8-6-23(7-9-24)28(22-4-2-1-3-5-22)32-16-14-31(15-17-32)18-19-35-21-27(34)30-25-12-13-33(20-25)26-10-11-26/h1-9,25-26,28H,10-21H2,(H,30,34). The molecule has 7 heteroatoms. The van der Waals surface area contributed by atoms with Crippen LogP contribution in [0, 0.1) is 0 Å². The Morgan fingerprint density at radius 3 is 2.37 bits per heavy atom. The van der Waals surface area contributed by atoms with E-state index in [9.17, 15) is 4.79 Å². The first-order chi connectivity index (χ1) is 17.2. The van der Waals surface area contributed by atoms with Gasteiger partial charge >= 0.3 is 0 Å². The first-order valence-corrected chi connectivity index (χ1v) is 13.4. The van der Waals surface area contributed by atoms with Crippen LogP contribution in [0.15, 0.2) is 54.6 Å². The minimum absolute atomic E-state index is 0.0196. The predicted molar refractivity (Wildman–Crippen MR) is 140 cm³/mol. The molecule has 1 aliphatic carbocycles. The molecule has 0 bridgehead atoms. The molecule has 188 valence electrons. The Hall–Kier alpha value is -1.96. The molecule has 2 aromatic carbocycles. The lowest BCUT2D eigenvalue weighted by Gasteiger charge is -2.39. The van der Waals surface area contributed by atoms with Gasteiger partial charge in [0.2, 0.25) is 5.91 Å². The molecule has 0 radical (unpaired) electrons. The molecule has 2 atom stereocenters. The van der Waals surface area contributed by atoms with Gasteiger partial charge in [0.05, 0.1) is 12.6 Å². The number of nitrogens with one attached hydrogen (secondary N) is 1. The maximum Gasteiger partial charge on any atom is 0.246 e. The van der Waals surface area contributed by atoms with Crippen LogP contribution in [0.3, 0.4) is 0 Å². The molecule has 1 saturated carbocycles. The highest BCUT2D eigenvalue weighted by molar-refractivity contribution is 6.30. The fraction of sp³-hybridized carbons (Fsp3) is 0.536. The predicted octanol–water partition coefficient (Wildman–Crippen LogP) is 3.42. The lowest BCUT2D eigenvalue weighted by atomic mass is 9.96. The Balaban J connectivity index is 1.04. The lowest BCUT2D eigenvalue weighted by molar-refractivity contribution is -0.126. The summed E-state index contributed by atoms with van der Waals surface area (Å²) in [5, 5.41) is 3.91. The molecule has 2 aliphatic heterocycles. The first-order valence-electron chi connectivity index (χ1n) is 13.0. The number of ether oxygens (including phenoxy) is 1. The van der Waals surface area contributed by atoms with E-state index in [1.807, 2.05) is 12.1 Å². The summed E-state index contributed by atoms with van der Waals surface area (Å²) in [5.74, 6) is 0.0196. The molecule has 3 aliphatic rings. The van der Waals surface area contributed by atoms with Crippen LogP contribution < -0.4 is 5.32 Å². The van der Waals surface area contributed by atoms with Gasteiger partial charge in [-0.15, -0.1) is 0 Å². The quantitative estimate of drug-likeness (QED) is 0.511. The summed E-state index contributed by atoms with van der Waals surface area (Å²) >= 11 is 6.15. The smallest absolute Gasteiger partial charge is 0.246 e. The molecule has 0 aromatic heterocycles. The highest BCUT2D eigenvalue weighted by atomic mass is 35.5. The van der Waals surface area contributed by atoms with Gasteiger partial charge in [0.1, 0.15) is 6.61 Å². The van der Waals surface area contributed by atoms with Gasteiger partial charge in [0, 0.05) is 62.9 Å². The van der Waals surface area contributed by atoms with Crippen LogP contribution in [0.5, 0.6) is 0 Å². The maximum absolute atomic E-state index is 12.3. The van der Waals surface area contributed by atoms with Crippen molar-refractivity contribution in [3.05, 3.63) is 70.7 Å². The van der Waals surface area contributed by atoms with Crippen molar-refractivity contribution in [3.63, 3.8) is 0 Å². The van der Waals surface area contributed by atoms with Gasteiger partial charge < -0.3 is 10.1 Å². The molecule has 2 aromatic rings. The number of nitrogens with zero attached hydrogens (tertiary/aromatic N) is 3. The fourth-order valence-electron chi connectivity index (χ4n) is 5.44. The second-order valence-corrected chi connectivity index (χ2v) is 10.5. The average molecular weight is 497 g/mol. The number of amides is 1. The van der Waals surface area contributed by atoms with E-state index < -0.39 is 0 Å². The van der Waals surface area contributed by atoms with Gasteiger partial charge in [0.15, 0.2) is 0 Å². The van der Waals surface area contributed by atoms with Crippen molar-refractivity contribution in [2.24, 2.45) is 0 Å². The number of carbonyl (C=O) groups is 1. The van der Waals surface area contributed by atoms with Crippen molar-refractivity contribution in [2.75, 3.05) is 59.0 Å². The van der Waals surface area contributed by atoms with Crippen molar-refractivity contribution in [1.82, 2.24) is 20.0 Å². The van der Waals surface area contributed by atoms with E-state index in [0.717, 1.165) is 63.3 Å². The minimum atomic E-state index is 0.0196. The number of benzene rings is 2. The molecule has 1 N–H and O–H groups in total. The Kier molecular flexibility index (Phi) is 8.37. The Morgan fingerprint density at radius 1 is 0.943 bits per heavy atom. The average Bonchev–Trinajstić information content (AvgIpc) is 3.63. The molecule has 3 fully saturated rings. The number of piperazine rings is 1. The van der Waals surface area contributed by atoms with Crippen molar-refractivity contribution >= 4 is 17.5 Å². The number of halogens is 1. The van der Waals surface area contributed by atoms with Crippen molar-refractivity contribution < 1.29 is 9.53 Å². The molecule has 2 heterocycles. The highest BCUT2D eigenvalue weighted by Crippen LogP contribution is 2.31. The molecule has 35 heavy (non-hydrogen) atoms. The molecule has 0 spiro atoms. The largest absolute Gasteiger partial charge is 0.370 e. The third-order valence-electron chi connectivity index (χ3n) is 7.51. The number of hydrogen-bond donors (Lipinski definition) is 1. The number of rotatable bonds is 10. The third kappa shape index (κ3) is 6.83. The van der Waals surface area contributed by atoms with E-state index in [1.165, 1.54) is 24.0 Å². The normalized spacial score (nSPS) is 22.8. The second kappa shape index (κ2) is 11.8. The van der Waals surface area contributed by atoms with Crippen LogP contribution in [0.1, 0.15) is 36.4 Å². The first kappa shape index (κ1) is 24.7. The Morgan fingerprint density at radius 2 is 1.66 bits per heavy atom. The molecular weight excluding hydrogens is 460 g/mol. The summed E-state index contributed by atoms with van der Waals surface area (Å²) < 4.78 is 5.73. The molecule has 6 nitrogen and oxygen atoms in total. The summed E-state index contributed by atoms with van der Waals surface area (Å²) in [7, 11) is 0. The number of carbonyl (C=O) groups excluding carboxylic acids is 1. The lowest BCUT2D eigenvalue weighted by Crippen LogP contribution is -2.48. The topological polar surface area (TPSA) is 48.1 Å². The van der Waals surface area contributed by atoms with E-state index in [1.54, 1.807) is 0 Å². The number of hydrogen-bond acceptors (Lipinski definition) is 5. The van der Waals surface area contributed by atoms with E-state index in [4.69, 9.17) is 16.3 Å². The van der Waals surface area contributed by atoms with Crippen molar-refractivity contribution in [3.8, 4) is 0 Å². The van der Waals surface area contributed by atoms with Gasteiger partial charge in [-0.1, -0.05) is 54.1 Å². The maximum atomic E-state index is 12.3. The Labute approximate surface area is 214 Å². The van der Waals surface area contributed by atoms with Crippen LogP contribution in [-0.2, 0) is 9.53 Å². The summed E-state index contributed by atoms with van der Waals surface area (Å²) in [5.41, 5.74) is 2.58. The van der Waals surface area contributed by atoms with Crippen molar-refractivity contribution in [1.29, 1.82) is 0 Å². The van der Waals surface area contributed by atoms with Crippen molar-refractivity contribution in [2.45, 2.75) is 37.4 Å². The highest BCUT2D eigenvalue weighted by Gasteiger charge is 2.34. The zero-order valence-electron chi connectivity index (χ0n) is 20.4. The summed E-state index contributed by atoms with van der Waals surface area (Å²) in [6.45, 7) is 7.68. The zero-order valence-corrected chi connectivity index (χ0v) is 21.2. The summed E-state index contributed by atoms with van der Waals surface area (Å²) in [6, 6.07) is 20.2. The minimum Gasteiger partial charge on any atom is -0.370 e. The van der Waals surface area contributed by atoms with Crippen LogP contribution in [-0.4, -0.2) is 91.7 Å². The van der Waals surface area contributed by atoms with Gasteiger partial charge in [-0.2, -0.15) is 0 Å². The van der Waals surface area contributed by atoms with Crippen LogP contribution in [0.2, 0.25) is 5.02 Å². The molecule has 1 amide bonds. The van der Waals surface area contributed by atoms with E-state index in [2.05, 4.69) is 62.5 Å². The number of likely N-dealkylation sites (tertiary alicyclic amines) is 1. The Bertz CT molecular complexity index is 945. The van der Waals surface area contributed by atoms with E-state index >= 15 is 0 Å². The van der Waals surface area contributed by atoms with Gasteiger partial charge in [0.25, 0.3) is 0 Å². The molecule has 2 unspecified atom stereocenters. The second-order valence-electron chi connectivity index (χ2n) is 10.1.